The molecule has 1 aromatic rings. The second-order valence-corrected chi connectivity index (χ2v) is 3.16. The fraction of sp³-hybridized carbons (Fsp3) is 0.667. The van der Waals surface area contributed by atoms with Crippen molar-refractivity contribution in [2.24, 2.45) is 0 Å². The molecule has 0 radical (unpaired) electrons. The van der Waals surface area contributed by atoms with Crippen LogP contribution in [0.15, 0.2) is 12.4 Å². The molecule has 0 bridgehead atoms. The van der Waals surface area contributed by atoms with E-state index in [4.69, 9.17) is 4.74 Å². The van der Waals surface area contributed by atoms with Crippen molar-refractivity contribution >= 4 is 0 Å². The number of nitrogens with zero attached hydrogens (tertiary/aromatic N) is 2. The summed E-state index contributed by atoms with van der Waals surface area (Å²) in [5.41, 5.74) is 1.20. The molecular formula is C9H17N3O. The lowest BCUT2D eigenvalue weighted by molar-refractivity contribution is 0.157. The summed E-state index contributed by atoms with van der Waals surface area (Å²) >= 11 is 0. The molecular weight excluding hydrogens is 166 g/mol. The normalized spacial score (nSPS) is 13.2. The number of aromatic nitrogens is 2. The quantitative estimate of drug-likeness (QED) is 0.734. The summed E-state index contributed by atoms with van der Waals surface area (Å²) in [7, 11) is 3.63. The predicted molar refractivity (Wildman–Crippen MR) is 51.6 cm³/mol. The first-order valence-electron chi connectivity index (χ1n) is 4.44. The molecule has 1 heterocycles. The molecule has 1 rings (SSSR count). The smallest absolute Gasteiger partial charge is 0.0724 e. The van der Waals surface area contributed by atoms with Crippen molar-refractivity contribution in [3.05, 3.63) is 18.0 Å². The van der Waals surface area contributed by atoms with Gasteiger partial charge < -0.3 is 10.1 Å². The average molecular weight is 183 g/mol. The Morgan fingerprint density at radius 2 is 2.46 bits per heavy atom. The molecule has 1 atom stereocenters. The molecule has 0 saturated heterocycles. The summed E-state index contributed by atoms with van der Waals surface area (Å²) in [5, 5.41) is 7.33. The second kappa shape index (κ2) is 4.99. The maximum absolute atomic E-state index is 5.05. The summed E-state index contributed by atoms with van der Waals surface area (Å²) in [6, 6.07) is 0.301. The minimum absolute atomic E-state index is 0.301. The second-order valence-electron chi connectivity index (χ2n) is 3.16. The van der Waals surface area contributed by atoms with Crippen molar-refractivity contribution in [3.63, 3.8) is 0 Å². The van der Waals surface area contributed by atoms with E-state index in [-0.39, 0.29) is 0 Å². The summed E-state index contributed by atoms with van der Waals surface area (Å²) in [4.78, 5) is 0. The van der Waals surface area contributed by atoms with Crippen molar-refractivity contribution in [1.29, 1.82) is 0 Å². The molecule has 0 aliphatic heterocycles. The highest BCUT2D eigenvalue weighted by Gasteiger charge is 2.05. The highest BCUT2D eigenvalue weighted by molar-refractivity contribution is 5.03. The molecule has 4 heteroatoms. The van der Waals surface area contributed by atoms with E-state index in [1.165, 1.54) is 5.56 Å². The van der Waals surface area contributed by atoms with Crippen LogP contribution in [-0.2, 0) is 11.3 Å². The van der Waals surface area contributed by atoms with E-state index in [9.17, 15) is 0 Å². The number of nitrogens with one attached hydrogen (secondary N) is 1. The van der Waals surface area contributed by atoms with Gasteiger partial charge in [0.2, 0.25) is 0 Å². The fourth-order valence-electron chi connectivity index (χ4n) is 1.23. The molecule has 1 unspecified atom stereocenters. The van der Waals surface area contributed by atoms with Crippen molar-refractivity contribution in [2.75, 3.05) is 20.8 Å². The molecule has 0 amide bonds. The molecule has 13 heavy (non-hydrogen) atoms. The molecule has 0 aromatic carbocycles. The lowest BCUT2D eigenvalue weighted by Gasteiger charge is -2.09. The van der Waals surface area contributed by atoms with Gasteiger partial charge in [0.1, 0.15) is 0 Å². The highest BCUT2D eigenvalue weighted by atomic mass is 16.5. The van der Waals surface area contributed by atoms with Crippen LogP contribution < -0.4 is 5.32 Å². The van der Waals surface area contributed by atoms with Crippen LogP contribution in [0.1, 0.15) is 18.5 Å². The van der Waals surface area contributed by atoms with E-state index < -0.39 is 0 Å². The lowest BCUT2D eigenvalue weighted by atomic mass is 10.3. The number of hydrogen-bond donors (Lipinski definition) is 1. The van der Waals surface area contributed by atoms with Gasteiger partial charge in [-0.2, -0.15) is 5.10 Å². The summed E-state index contributed by atoms with van der Waals surface area (Å²) in [5.74, 6) is 0. The van der Waals surface area contributed by atoms with Crippen LogP contribution >= 0.6 is 0 Å². The zero-order valence-corrected chi connectivity index (χ0v) is 8.45. The lowest BCUT2D eigenvalue weighted by Crippen LogP contribution is -2.11. The monoisotopic (exact) mass is 183 g/mol. The average Bonchev–Trinajstić information content (AvgIpc) is 2.54. The fourth-order valence-corrected chi connectivity index (χ4v) is 1.23. The Balaban J connectivity index is 2.56. The van der Waals surface area contributed by atoms with Gasteiger partial charge in [0.05, 0.1) is 18.8 Å². The summed E-state index contributed by atoms with van der Waals surface area (Å²) in [6.07, 6.45) is 3.92. The first-order valence-corrected chi connectivity index (χ1v) is 4.44. The Morgan fingerprint density at radius 3 is 3.08 bits per heavy atom. The maximum Gasteiger partial charge on any atom is 0.0724 e. The van der Waals surface area contributed by atoms with Crippen LogP contribution in [0.3, 0.4) is 0 Å². The summed E-state index contributed by atoms with van der Waals surface area (Å²) < 4.78 is 6.98. The van der Waals surface area contributed by atoms with Crippen LogP contribution in [0.25, 0.3) is 0 Å². The zero-order valence-electron chi connectivity index (χ0n) is 8.45. The van der Waals surface area contributed by atoms with E-state index in [0.717, 1.165) is 6.54 Å². The molecule has 4 nitrogen and oxygen atoms in total. The SMILES string of the molecule is CNCc1cnn(C(C)COC)c1. The maximum atomic E-state index is 5.05. The first kappa shape index (κ1) is 10.2. The molecule has 1 N–H and O–H groups in total. The van der Waals surface area contributed by atoms with E-state index in [2.05, 4.69) is 17.3 Å². The van der Waals surface area contributed by atoms with Crippen LogP contribution in [0.2, 0.25) is 0 Å². The number of ether oxygens (including phenoxy) is 1. The molecule has 1 aromatic heterocycles. The topological polar surface area (TPSA) is 39.1 Å². The van der Waals surface area contributed by atoms with Gasteiger partial charge in [-0.1, -0.05) is 0 Å². The van der Waals surface area contributed by atoms with Gasteiger partial charge in [-0.3, -0.25) is 4.68 Å². The first-order chi connectivity index (χ1) is 6.27. The predicted octanol–water partition coefficient (Wildman–Crippen LogP) is 0.810. The number of rotatable bonds is 5. The minimum atomic E-state index is 0.301. The van der Waals surface area contributed by atoms with Crippen molar-refractivity contribution in [1.82, 2.24) is 15.1 Å². The van der Waals surface area contributed by atoms with Crippen LogP contribution in [0, 0.1) is 0 Å². The van der Waals surface area contributed by atoms with E-state index in [0.29, 0.717) is 12.6 Å². The van der Waals surface area contributed by atoms with Gasteiger partial charge in [0.25, 0.3) is 0 Å². The van der Waals surface area contributed by atoms with Crippen LogP contribution in [0.4, 0.5) is 0 Å². The van der Waals surface area contributed by atoms with Gasteiger partial charge in [0, 0.05) is 25.4 Å². The Hall–Kier alpha value is -0.870. The van der Waals surface area contributed by atoms with Gasteiger partial charge in [-0.25, -0.2) is 0 Å². The largest absolute Gasteiger partial charge is 0.382 e. The third-order valence-corrected chi connectivity index (χ3v) is 1.90. The van der Waals surface area contributed by atoms with Crippen molar-refractivity contribution < 1.29 is 4.74 Å². The highest BCUT2D eigenvalue weighted by Crippen LogP contribution is 2.06. The Labute approximate surface area is 78.9 Å². The van der Waals surface area contributed by atoms with Gasteiger partial charge in [0.15, 0.2) is 0 Å². The van der Waals surface area contributed by atoms with Crippen LogP contribution in [-0.4, -0.2) is 30.5 Å². The third-order valence-electron chi connectivity index (χ3n) is 1.90. The molecule has 0 aliphatic rings. The molecule has 0 aliphatic carbocycles. The van der Waals surface area contributed by atoms with Gasteiger partial charge in [-0.15, -0.1) is 0 Å². The number of methoxy groups -OCH3 is 1. The van der Waals surface area contributed by atoms with E-state index >= 15 is 0 Å². The zero-order chi connectivity index (χ0) is 9.68. The van der Waals surface area contributed by atoms with Crippen molar-refractivity contribution in [3.8, 4) is 0 Å². The molecule has 0 spiro atoms. The molecule has 0 saturated carbocycles. The van der Waals surface area contributed by atoms with Crippen LogP contribution in [0.5, 0.6) is 0 Å². The van der Waals surface area contributed by atoms with Crippen molar-refractivity contribution in [2.45, 2.75) is 19.5 Å². The molecule has 0 fully saturated rings. The minimum Gasteiger partial charge on any atom is -0.382 e. The van der Waals surface area contributed by atoms with E-state index in [1.807, 2.05) is 24.1 Å². The van der Waals surface area contributed by atoms with Gasteiger partial charge in [-0.05, 0) is 14.0 Å². The Kier molecular flexibility index (Phi) is 3.92. The Bertz CT molecular complexity index is 247. The number of hydrogen-bond acceptors (Lipinski definition) is 3. The summed E-state index contributed by atoms with van der Waals surface area (Å²) in [6.45, 7) is 3.64. The van der Waals surface area contributed by atoms with E-state index in [1.54, 1.807) is 7.11 Å². The Morgan fingerprint density at radius 1 is 1.69 bits per heavy atom. The standard InChI is InChI=1S/C9H17N3O/c1-8(7-13-3)12-6-9(4-10-2)5-11-12/h5-6,8,10H,4,7H2,1-3H3. The van der Waals surface area contributed by atoms with Gasteiger partial charge >= 0.3 is 0 Å². The molecule has 74 valence electrons. The third kappa shape index (κ3) is 2.82.